The van der Waals surface area contributed by atoms with Gasteiger partial charge in [-0.2, -0.15) is 0 Å². The van der Waals surface area contributed by atoms with Crippen LogP contribution in [0.2, 0.25) is 0 Å². The number of rotatable bonds is 2. The van der Waals surface area contributed by atoms with Gasteiger partial charge in [0.25, 0.3) is 5.56 Å². The first-order chi connectivity index (χ1) is 9.18. The molecular weight excluding hydrogens is 238 g/mol. The normalized spacial score (nSPS) is 16.1. The fourth-order valence-electron chi connectivity index (χ4n) is 2.92. The van der Waals surface area contributed by atoms with Gasteiger partial charge in [-0.1, -0.05) is 24.3 Å². The van der Waals surface area contributed by atoms with Crippen molar-refractivity contribution in [1.82, 2.24) is 15.1 Å². The van der Waals surface area contributed by atoms with Crippen LogP contribution in [0.4, 0.5) is 0 Å². The van der Waals surface area contributed by atoms with E-state index in [1.165, 1.54) is 11.1 Å². The molecule has 0 spiro atoms. The van der Waals surface area contributed by atoms with Crippen molar-refractivity contribution in [3.8, 4) is 0 Å². The van der Waals surface area contributed by atoms with Gasteiger partial charge in [0.1, 0.15) is 0 Å². The fourth-order valence-corrected chi connectivity index (χ4v) is 2.92. The molecule has 1 aromatic heterocycles. The van der Waals surface area contributed by atoms with E-state index >= 15 is 0 Å². The van der Waals surface area contributed by atoms with Gasteiger partial charge in [-0.25, -0.2) is 0 Å². The van der Waals surface area contributed by atoms with Crippen molar-refractivity contribution < 1.29 is 0 Å². The average molecular weight is 257 g/mol. The molecule has 1 aliphatic rings. The molecule has 1 atom stereocenters. The number of fused-ring (bicyclic) bond motifs is 1. The van der Waals surface area contributed by atoms with Crippen molar-refractivity contribution >= 4 is 0 Å². The molecule has 19 heavy (non-hydrogen) atoms. The summed E-state index contributed by atoms with van der Waals surface area (Å²) in [5.41, 5.74) is 4.61. The molecule has 0 fully saturated rings. The number of nitrogens with one attached hydrogen (secondary N) is 2. The summed E-state index contributed by atoms with van der Waals surface area (Å²) in [4.78, 5) is 12.0. The van der Waals surface area contributed by atoms with E-state index in [1.807, 2.05) is 10.7 Å². The van der Waals surface area contributed by atoms with Gasteiger partial charge < -0.3 is 5.32 Å². The summed E-state index contributed by atoms with van der Waals surface area (Å²) < 4.78 is 2.04. The maximum absolute atomic E-state index is 12.0. The zero-order valence-corrected chi connectivity index (χ0v) is 11.4. The standard InChI is InChI=1S/C15H19N3O/c1-10-5-3-4-6-12(10)11(2)18-14-7-8-16-9-13(14)15(19)17-18/h3-6,11,16H,7-9H2,1-2H3,(H,17,19). The summed E-state index contributed by atoms with van der Waals surface area (Å²) in [7, 11) is 0. The number of aromatic nitrogens is 2. The maximum Gasteiger partial charge on any atom is 0.268 e. The number of nitrogens with zero attached hydrogens (tertiary/aromatic N) is 1. The molecule has 1 aromatic carbocycles. The third-order valence-electron chi connectivity index (χ3n) is 4.00. The molecule has 0 amide bonds. The van der Waals surface area contributed by atoms with E-state index in [2.05, 4.69) is 42.5 Å². The smallest absolute Gasteiger partial charge is 0.268 e. The molecular formula is C15H19N3O. The van der Waals surface area contributed by atoms with Crippen LogP contribution >= 0.6 is 0 Å². The Morgan fingerprint density at radius 1 is 1.32 bits per heavy atom. The Balaban J connectivity index is 2.08. The molecule has 0 radical (unpaired) electrons. The Hall–Kier alpha value is -1.81. The first-order valence-electron chi connectivity index (χ1n) is 6.77. The highest BCUT2D eigenvalue weighted by Crippen LogP contribution is 2.23. The first-order valence-corrected chi connectivity index (χ1v) is 6.77. The third-order valence-corrected chi connectivity index (χ3v) is 4.00. The summed E-state index contributed by atoms with van der Waals surface area (Å²) in [6.45, 7) is 5.87. The van der Waals surface area contributed by atoms with Crippen LogP contribution in [0, 0.1) is 6.92 Å². The summed E-state index contributed by atoms with van der Waals surface area (Å²) in [5.74, 6) is 0. The second-order valence-corrected chi connectivity index (χ2v) is 5.20. The minimum absolute atomic E-state index is 0.0441. The molecule has 3 rings (SSSR count). The van der Waals surface area contributed by atoms with Crippen molar-refractivity contribution in [2.24, 2.45) is 0 Å². The zero-order valence-electron chi connectivity index (χ0n) is 11.4. The van der Waals surface area contributed by atoms with Crippen molar-refractivity contribution in [3.63, 3.8) is 0 Å². The summed E-state index contributed by atoms with van der Waals surface area (Å²) >= 11 is 0. The quantitative estimate of drug-likeness (QED) is 0.861. The van der Waals surface area contributed by atoms with Gasteiger partial charge in [-0.05, 0) is 25.0 Å². The molecule has 0 saturated heterocycles. The SMILES string of the molecule is Cc1ccccc1C(C)n1[nH]c(=O)c2c1CCNC2. The second kappa shape index (κ2) is 4.70. The lowest BCUT2D eigenvalue weighted by Crippen LogP contribution is -2.27. The Kier molecular flexibility index (Phi) is 3.03. The molecule has 1 aliphatic heterocycles. The summed E-state index contributed by atoms with van der Waals surface area (Å²) in [5, 5.41) is 6.25. The summed E-state index contributed by atoms with van der Waals surface area (Å²) in [6.07, 6.45) is 0.907. The van der Waals surface area contributed by atoms with Crippen LogP contribution in [0.3, 0.4) is 0 Å². The van der Waals surface area contributed by atoms with Gasteiger partial charge in [0.05, 0.1) is 11.6 Å². The van der Waals surface area contributed by atoms with Crippen LogP contribution in [0.15, 0.2) is 29.1 Å². The maximum atomic E-state index is 12.0. The fraction of sp³-hybridized carbons (Fsp3) is 0.400. The predicted molar refractivity (Wildman–Crippen MR) is 75.5 cm³/mol. The minimum Gasteiger partial charge on any atom is -0.312 e. The molecule has 2 N–H and O–H groups in total. The number of benzene rings is 1. The Morgan fingerprint density at radius 2 is 2.11 bits per heavy atom. The van der Waals surface area contributed by atoms with E-state index in [1.54, 1.807) is 0 Å². The van der Waals surface area contributed by atoms with Crippen LogP contribution in [0.1, 0.15) is 35.3 Å². The Morgan fingerprint density at radius 3 is 2.89 bits per heavy atom. The zero-order chi connectivity index (χ0) is 13.4. The van der Waals surface area contributed by atoms with Gasteiger partial charge in [-0.3, -0.25) is 14.6 Å². The van der Waals surface area contributed by atoms with Crippen molar-refractivity contribution in [2.45, 2.75) is 32.9 Å². The highest BCUT2D eigenvalue weighted by Gasteiger charge is 2.21. The summed E-state index contributed by atoms with van der Waals surface area (Å²) in [6, 6.07) is 8.50. The van der Waals surface area contributed by atoms with Gasteiger partial charge in [0.2, 0.25) is 0 Å². The lowest BCUT2D eigenvalue weighted by atomic mass is 10.0. The van der Waals surface area contributed by atoms with E-state index in [0.29, 0.717) is 6.54 Å². The first kappa shape index (κ1) is 12.2. The minimum atomic E-state index is 0.0441. The molecule has 4 heteroatoms. The van der Waals surface area contributed by atoms with E-state index < -0.39 is 0 Å². The number of aromatic amines is 1. The molecule has 100 valence electrons. The molecule has 0 saturated carbocycles. The molecule has 2 aromatic rings. The van der Waals surface area contributed by atoms with E-state index in [-0.39, 0.29) is 11.6 Å². The number of hydrogen-bond donors (Lipinski definition) is 2. The third kappa shape index (κ3) is 2.02. The molecule has 1 unspecified atom stereocenters. The Bertz CT molecular complexity index is 654. The van der Waals surface area contributed by atoms with E-state index in [9.17, 15) is 4.79 Å². The molecule has 0 bridgehead atoms. The van der Waals surface area contributed by atoms with E-state index in [4.69, 9.17) is 0 Å². The highest BCUT2D eigenvalue weighted by atomic mass is 16.1. The van der Waals surface area contributed by atoms with Crippen molar-refractivity contribution in [2.75, 3.05) is 6.54 Å². The predicted octanol–water partition coefficient (Wildman–Crippen LogP) is 1.74. The average Bonchev–Trinajstić information content (AvgIpc) is 2.77. The van der Waals surface area contributed by atoms with Crippen LogP contribution in [-0.4, -0.2) is 16.3 Å². The van der Waals surface area contributed by atoms with Crippen LogP contribution in [-0.2, 0) is 13.0 Å². The molecule has 2 heterocycles. The van der Waals surface area contributed by atoms with Crippen molar-refractivity contribution in [3.05, 3.63) is 57.0 Å². The van der Waals surface area contributed by atoms with E-state index in [0.717, 1.165) is 24.2 Å². The van der Waals surface area contributed by atoms with Gasteiger partial charge in [0, 0.05) is 25.2 Å². The van der Waals surface area contributed by atoms with Crippen LogP contribution in [0.25, 0.3) is 0 Å². The largest absolute Gasteiger partial charge is 0.312 e. The second-order valence-electron chi connectivity index (χ2n) is 5.20. The molecule has 0 aliphatic carbocycles. The van der Waals surface area contributed by atoms with Gasteiger partial charge in [-0.15, -0.1) is 0 Å². The monoisotopic (exact) mass is 257 g/mol. The highest BCUT2D eigenvalue weighted by molar-refractivity contribution is 5.30. The molecule has 4 nitrogen and oxygen atoms in total. The van der Waals surface area contributed by atoms with Crippen molar-refractivity contribution in [1.29, 1.82) is 0 Å². The lowest BCUT2D eigenvalue weighted by Gasteiger charge is -2.21. The Labute approximate surface area is 112 Å². The van der Waals surface area contributed by atoms with Crippen LogP contribution in [0.5, 0.6) is 0 Å². The number of H-pyrrole nitrogens is 1. The van der Waals surface area contributed by atoms with Crippen LogP contribution < -0.4 is 10.9 Å². The lowest BCUT2D eigenvalue weighted by molar-refractivity contribution is 0.514. The topological polar surface area (TPSA) is 49.8 Å². The number of aryl methyl sites for hydroxylation is 1. The van der Waals surface area contributed by atoms with Gasteiger partial charge in [0.15, 0.2) is 0 Å². The number of hydrogen-bond acceptors (Lipinski definition) is 2. The van der Waals surface area contributed by atoms with Gasteiger partial charge >= 0.3 is 0 Å².